The summed E-state index contributed by atoms with van der Waals surface area (Å²) in [5, 5.41) is 0. The highest BCUT2D eigenvalue weighted by Gasteiger charge is 2.19. The molecule has 0 aromatic rings. The molecule has 1 unspecified atom stereocenters. The van der Waals surface area contributed by atoms with Gasteiger partial charge in [-0.3, -0.25) is 4.79 Å². The fraction of sp³-hybridized carbons (Fsp3) is 0.837. The van der Waals surface area contributed by atoms with Gasteiger partial charge in [0.15, 0.2) is 0 Å². The summed E-state index contributed by atoms with van der Waals surface area (Å²) in [6.07, 6.45) is 50.8. The van der Waals surface area contributed by atoms with Crippen LogP contribution in [0.2, 0.25) is 0 Å². The number of unbranched alkanes of at least 4 members (excludes halogenated alkanes) is 21. The maximum atomic E-state index is 12.9. The Balaban J connectivity index is 3.99. The van der Waals surface area contributed by atoms with Crippen LogP contribution in [0.3, 0.4) is 0 Å². The van der Waals surface area contributed by atoms with Crippen molar-refractivity contribution in [3.8, 4) is 0 Å². The average molecular weight is 644 g/mol. The van der Waals surface area contributed by atoms with Crippen LogP contribution in [0.4, 0.5) is 0 Å². The Hall–Kier alpha value is -1.35. The normalized spacial score (nSPS) is 12.8. The van der Waals surface area contributed by atoms with Gasteiger partial charge in [0, 0.05) is 6.54 Å². The standard InChI is InChI=1S/C43H81NO2/c1-5-7-9-11-13-15-17-19-21-23-25-27-29-31-33-35-38-42(43(45)46-41-37-40-44(3)4)39-36-34-32-30-28-26-24-22-20-18-16-14-12-10-8-6-2/h13,15,19-22,42H,5-12,14,16-18,23-41H2,1-4H3/b15-13-,21-19-,22-20-. The van der Waals surface area contributed by atoms with Crippen LogP contribution < -0.4 is 0 Å². The van der Waals surface area contributed by atoms with Gasteiger partial charge in [-0.25, -0.2) is 0 Å². The largest absolute Gasteiger partial charge is 0.465 e. The number of rotatable bonds is 36. The molecule has 0 amide bonds. The topological polar surface area (TPSA) is 29.5 Å². The van der Waals surface area contributed by atoms with Gasteiger partial charge in [0.2, 0.25) is 0 Å². The maximum Gasteiger partial charge on any atom is 0.308 e. The first kappa shape index (κ1) is 44.6. The zero-order valence-corrected chi connectivity index (χ0v) is 31.7. The average Bonchev–Trinajstić information content (AvgIpc) is 3.05. The van der Waals surface area contributed by atoms with Crippen LogP contribution in [-0.2, 0) is 9.53 Å². The molecule has 0 aromatic heterocycles. The molecule has 270 valence electrons. The predicted molar refractivity (Wildman–Crippen MR) is 206 cm³/mol. The molecular weight excluding hydrogens is 562 g/mol. The van der Waals surface area contributed by atoms with Crippen molar-refractivity contribution in [2.45, 2.75) is 200 Å². The molecule has 3 heteroatoms. The lowest BCUT2D eigenvalue weighted by Crippen LogP contribution is -2.21. The molecule has 3 nitrogen and oxygen atoms in total. The number of allylic oxidation sites excluding steroid dienone is 6. The maximum absolute atomic E-state index is 12.9. The van der Waals surface area contributed by atoms with Crippen molar-refractivity contribution >= 4 is 5.97 Å². The molecule has 46 heavy (non-hydrogen) atoms. The number of carbonyl (C=O) groups is 1. The minimum atomic E-state index is 0.0640. The Kier molecular flexibility index (Phi) is 37.0. The van der Waals surface area contributed by atoms with Crippen molar-refractivity contribution in [1.29, 1.82) is 0 Å². The third-order valence-electron chi connectivity index (χ3n) is 9.14. The van der Waals surface area contributed by atoms with Crippen LogP contribution in [-0.4, -0.2) is 38.1 Å². The fourth-order valence-electron chi connectivity index (χ4n) is 6.07. The van der Waals surface area contributed by atoms with E-state index in [9.17, 15) is 4.79 Å². The monoisotopic (exact) mass is 644 g/mol. The summed E-state index contributed by atoms with van der Waals surface area (Å²) in [7, 11) is 4.15. The quantitative estimate of drug-likeness (QED) is 0.0386. The van der Waals surface area contributed by atoms with Crippen LogP contribution >= 0.6 is 0 Å². The van der Waals surface area contributed by atoms with Crippen LogP contribution in [0, 0.1) is 5.92 Å². The summed E-state index contributed by atoms with van der Waals surface area (Å²) in [6.45, 7) is 6.08. The smallest absolute Gasteiger partial charge is 0.308 e. The minimum absolute atomic E-state index is 0.0640. The molecule has 0 aliphatic carbocycles. The van der Waals surface area contributed by atoms with Gasteiger partial charge in [0.1, 0.15) is 0 Å². The highest BCUT2D eigenvalue weighted by molar-refractivity contribution is 5.72. The van der Waals surface area contributed by atoms with E-state index in [-0.39, 0.29) is 11.9 Å². The molecule has 0 rings (SSSR count). The molecule has 0 radical (unpaired) electrons. The first-order valence-corrected chi connectivity index (χ1v) is 20.4. The third-order valence-corrected chi connectivity index (χ3v) is 9.14. The number of esters is 1. The molecule has 0 saturated heterocycles. The molecular formula is C43H81NO2. The molecule has 0 aromatic carbocycles. The van der Waals surface area contributed by atoms with E-state index in [1.165, 1.54) is 148 Å². The van der Waals surface area contributed by atoms with Crippen molar-refractivity contribution in [3.63, 3.8) is 0 Å². The lowest BCUT2D eigenvalue weighted by molar-refractivity contribution is -0.149. The van der Waals surface area contributed by atoms with Crippen molar-refractivity contribution in [3.05, 3.63) is 36.5 Å². The Morgan fingerprint density at radius 3 is 1.33 bits per heavy atom. The molecule has 0 aliphatic rings. The summed E-state index contributed by atoms with van der Waals surface area (Å²) >= 11 is 0. The SMILES string of the molecule is CCCCC/C=C\C/C=C\CCCCCCCCC(CCCCCCCC/C=C\CCCCCCCC)C(=O)OCCCN(C)C. The van der Waals surface area contributed by atoms with Gasteiger partial charge in [-0.15, -0.1) is 0 Å². The van der Waals surface area contributed by atoms with Gasteiger partial charge in [0.25, 0.3) is 0 Å². The zero-order valence-electron chi connectivity index (χ0n) is 31.7. The third kappa shape index (κ3) is 35.5. The van der Waals surface area contributed by atoms with E-state index in [1.54, 1.807) is 0 Å². The Labute approximate surface area is 289 Å². The molecule has 0 aliphatic heterocycles. The van der Waals surface area contributed by atoms with E-state index in [4.69, 9.17) is 4.74 Å². The molecule has 1 atom stereocenters. The highest BCUT2D eigenvalue weighted by Crippen LogP contribution is 2.21. The number of ether oxygens (including phenoxy) is 1. The second kappa shape index (κ2) is 38.1. The first-order chi connectivity index (χ1) is 22.6. The van der Waals surface area contributed by atoms with Crippen molar-refractivity contribution < 1.29 is 9.53 Å². The van der Waals surface area contributed by atoms with Gasteiger partial charge in [-0.05, 0) is 91.1 Å². The van der Waals surface area contributed by atoms with Crippen LogP contribution in [0.1, 0.15) is 200 Å². The van der Waals surface area contributed by atoms with Gasteiger partial charge in [-0.2, -0.15) is 0 Å². The van der Waals surface area contributed by atoms with Crippen LogP contribution in [0.25, 0.3) is 0 Å². The molecule has 0 fully saturated rings. The first-order valence-electron chi connectivity index (χ1n) is 20.4. The number of hydrogen-bond acceptors (Lipinski definition) is 3. The Morgan fingerprint density at radius 2 is 0.870 bits per heavy atom. The van der Waals surface area contributed by atoms with Gasteiger partial charge in [-0.1, -0.05) is 159 Å². The van der Waals surface area contributed by atoms with Crippen molar-refractivity contribution in [1.82, 2.24) is 4.90 Å². The highest BCUT2D eigenvalue weighted by atomic mass is 16.5. The van der Waals surface area contributed by atoms with Crippen LogP contribution in [0.15, 0.2) is 36.5 Å². The molecule has 0 spiro atoms. The fourth-order valence-corrected chi connectivity index (χ4v) is 6.07. The molecule has 0 N–H and O–H groups in total. The van der Waals surface area contributed by atoms with Gasteiger partial charge >= 0.3 is 5.97 Å². The van der Waals surface area contributed by atoms with E-state index in [1.807, 2.05) is 0 Å². The summed E-state index contributed by atoms with van der Waals surface area (Å²) in [5.41, 5.74) is 0. The van der Waals surface area contributed by atoms with E-state index >= 15 is 0 Å². The molecule has 0 bridgehead atoms. The molecule has 0 saturated carbocycles. The summed E-state index contributed by atoms with van der Waals surface area (Å²) in [4.78, 5) is 15.1. The van der Waals surface area contributed by atoms with E-state index in [2.05, 4.69) is 69.3 Å². The summed E-state index contributed by atoms with van der Waals surface area (Å²) in [5.74, 6) is 0.163. The number of nitrogens with zero attached hydrogens (tertiary/aromatic N) is 1. The lowest BCUT2D eigenvalue weighted by Gasteiger charge is -2.17. The Morgan fingerprint density at radius 1 is 0.500 bits per heavy atom. The summed E-state index contributed by atoms with van der Waals surface area (Å²) in [6, 6.07) is 0. The van der Waals surface area contributed by atoms with E-state index < -0.39 is 0 Å². The molecule has 0 heterocycles. The number of hydrogen-bond donors (Lipinski definition) is 0. The summed E-state index contributed by atoms with van der Waals surface area (Å²) < 4.78 is 5.73. The van der Waals surface area contributed by atoms with Crippen molar-refractivity contribution in [2.75, 3.05) is 27.2 Å². The lowest BCUT2D eigenvalue weighted by atomic mass is 9.94. The Bertz CT molecular complexity index is 695. The van der Waals surface area contributed by atoms with E-state index in [0.29, 0.717) is 6.61 Å². The number of carbonyl (C=O) groups excluding carboxylic acids is 1. The van der Waals surface area contributed by atoms with Gasteiger partial charge in [0.05, 0.1) is 12.5 Å². The predicted octanol–water partition coefficient (Wildman–Crippen LogP) is 13.7. The van der Waals surface area contributed by atoms with Crippen LogP contribution in [0.5, 0.6) is 0 Å². The minimum Gasteiger partial charge on any atom is -0.465 e. The van der Waals surface area contributed by atoms with Crippen molar-refractivity contribution in [2.24, 2.45) is 5.92 Å². The second-order valence-electron chi connectivity index (χ2n) is 14.1. The zero-order chi connectivity index (χ0) is 33.6. The van der Waals surface area contributed by atoms with E-state index in [0.717, 1.165) is 45.1 Å². The van der Waals surface area contributed by atoms with Gasteiger partial charge < -0.3 is 9.64 Å². The second-order valence-corrected chi connectivity index (χ2v) is 14.1.